The van der Waals surface area contributed by atoms with Crippen LogP contribution in [0.2, 0.25) is 0 Å². The molecule has 2 N–H and O–H groups in total. The predicted molar refractivity (Wildman–Crippen MR) is 92.6 cm³/mol. The van der Waals surface area contributed by atoms with Crippen molar-refractivity contribution >= 4 is 23.5 Å². The number of hydrogen-bond donors (Lipinski definition) is 2. The molecule has 1 spiro atoms. The van der Waals surface area contributed by atoms with E-state index < -0.39 is 12.2 Å². The summed E-state index contributed by atoms with van der Waals surface area (Å²) < 4.78 is 0.610. The van der Waals surface area contributed by atoms with Crippen LogP contribution in [0.15, 0.2) is 12.2 Å². The lowest BCUT2D eigenvalue weighted by Crippen LogP contribution is -2.54. The molecule has 1 saturated heterocycles. The van der Waals surface area contributed by atoms with Gasteiger partial charge < -0.3 is 10.2 Å². The van der Waals surface area contributed by atoms with Crippen LogP contribution in [0.5, 0.6) is 0 Å². The van der Waals surface area contributed by atoms with Crippen molar-refractivity contribution in [2.24, 2.45) is 23.2 Å². The molecule has 0 aromatic carbocycles. The van der Waals surface area contributed by atoms with Crippen molar-refractivity contribution in [2.75, 3.05) is 11.5 Å². The lowest BCUT2D eigenvalue weighted by atomic mass is 9.58. The number of aliphatic hydroxyl groups is 2. The molecule has 0 amide bonds. The molecule has 2 saturated carbocycles. The van der Waals surface area contributed by atoms with E-state index in [-0.39, 0.29) is 11.3 Å². The molecule has 0 aromatic rings. The molecular weight excluding hydrogens is 300 g/mol. The molecule has 0 unspecified atom stereocenters. The Kier molecular flexibility index (Phi) is 4.72. The highest BCUT2D eigenvalue weighted by molar-refractivity contribution is 8.20. The summed E-state index contributed by atoms with van der Waals surface area (Å²) in [5.41, 5.74) is 1.50. The zero-order chi connectivity index (χ0) is 15.2. The first-order valence-electron chi connectivity index (χ1n) is 8.20. The number of allylic oxidation sites excluding steroid dienone is 1. The fourth-order valence-corrected chi connectivity index (χ4v) is 8.34. The molecule has 120 valence electrons. The molecule has 0 bridgehead atoms. The number of hydrogen-bond acceptors (Lipinski definition) is 4. The van der Waals surface area contributed by atoms with Crippen LogP contribution in [0.3, 0.4) is 0 Å². The van der Waals surface area contributed by atoms with Crippen LogP contribution >= 0.6 is 23.5 Å². The normalized spacial score (nSPS) is 48.1. The molecule has 6 atom stereocenters. The molecule has 1 heterocycles. The van der Waals surface area contributed by atoms with Crippen LogP contribution in [0.25, 0.3) is 0 Å². The maximum atomic E-state index is 10.5. The first-order chi connectivity index (χ1) is 9.95. The Morgan fingerprint density at radius 2 is 1.90 bits per heavy atom. The molecule has 3 aliphatic rings. The van der Waals surface area contributed by atoms with Crippen molar-refractivity contribution in [3.8, 4) is 0 Å². The lowest BCUT2D eigenvalue weighted by molar-refractivity contribution is -0.122. The number of aliphatic hydroxyl groups excluding tert-OH is 2. The molecular formula is C17H28O2S2. The van der Waals surface area contributed by atoms with E-state index in [0.717, 1.165) is 12.8 Å². The van der Waals surface area contributed by atoms with Crippen LogP contribution in [0, 0.1) is 23.2 Å². The van der Waals surface area contributed by atoms with Gasteiger partial charge in [-0.25, -0.2) is 0 Å². The summed E-state index contributed by atoms with van der Waals surface area (Å²) >= 11 is 4.14. The van der Waals surface area contributed by atoms with Crippen molar-refractivity contribution < 1.29 is 10.2 Å². The van der Waals surface area contributed by atoms with Crippen molar-refractivity contribution in [3.63, 3.8) is 0 Å². The SMILES string of the molecule is C=C(C)[C@@H]1CC[C@@]2(C1)[C@@H](C1SCCS1)C[C@@H](O)[C@H](O)[C@H]2C. The molecule has 21 heavy (non-hydrogen) atoms. The quantitative estimate of drug-likeness (QED) is 0.761. The molecule has 2 aliphatic carbocycles. The van der Waals surface area contributed by atoms with Crippen LogP contribution in [0.4, 0.5) is 0 Å². The van der Waals surface area contributed by atoms with E-state index in [9.17, 15) is 10.2 Å². The van der Waals surface area contributed by atoms with E-state index in [0.29, 0.717) is 16.4 Å². The Hall–Kier alpha value is 0.360. The second-order valence-electron chi connectivity index (χ2n) is 7.32. The van der Waals surface area contributed by atoms with E-state index >= 15 is 0 Å². The minimum Gasteiger partial charge on any atom is -0.390 e. The van der Waals surface area contributed by atoms with Crippen molar-refractivity contribution in [1.29, 1.82) is 0 Å². The van der Waals surface area contributed by atoms with Gasteiger partial charge in [0.05, 0.1) is 16.8 Å². The van der Waals surface area contributed by atoms with Crippen LogP contribution < -0.4 is 0 Å². The second-order valence-corrected chi connectivity index (χ2v) is 10.1. The maximum Gasteiger partial charge on any atom is 0.0830 e. The Labute approximate surface area is 137 Å². The average molecular weight is 329 g/mol. The Morgan fingerprint density at radius 1 is 1.24 bits per heavy atom. The first kappa shape index (κ1) is 16.2. The van der Waals surface area contributed by atoms with E-state index in [1.807, 2.05) is 0 Å². The van der Waals surface area contributed by atoms with Crippen molar-refractivity contribution in [2.45, 2.75) is 56.3 Å². The lowest BCUT2D eigenvalue weighted by Gasteiger charge is -2.52. The molecule has 3 fully saturated rings. The summed E-state index contributed by atoms with van der Waals surface area (Å²) in [5, 5.41) is 20.8. The van der Waals surface area contributed by atoms with Gasteiger partial charge >= 0.3 is 0 Å². The van der Waals surface area contributed by atoms with E-state index in [2.05, 4.69) is 44.0 Å². The minimum atomic E-state index is -0.554. The summed E-state index contributed by atoms with van der Waals surface area (Å²) in [7, 11) is 0. The average Bonchev–Trinajstić information content (AvgIpc) is 3.11. The predicted octanol–water partition coefficient (Wildman–Crippen LogP) is 3.53. The number of rotatable bonds is 2. The highest BCUT2D eigenvalue weighted by Gasteiger charge is 2.57. The fourth-order valence-electron chi connectivity index (χ4n) is 4.91. The summed E-state index contributed by atoms with van der Waals surface area (Å²) in [6.07, 6.45) is 3.25. The van der Waals surface area contributed by atoms with Crippen LogP contribution in [0.1, 0.15) is 39.5 Å². The zero-order valence-corrected chi connectivity index (χ0v) is 14.8. The molecule has 2 nitrogen and oxygen atoms in total. The molecule has 0 aromatic heterocycles. The van der Waals surface area contributed by atoms with Crippen molar-refractivity contribution in [1.82, 2.24) is 0 Å². The van der Waals surface area contributed by atoms with Crippen LogP contribution in [-0.2, 0) is 0 Å². The summed E-state index contributed by atoms with van der Waals surface area (Å²) in [5.74, 6) is 3.80. The molecule has 0 radical (unpaired) electrons. The highest BCUT2D eigenvalue weighted by Crippen LogP contribution is 2.62. The Morgan fingerprint density at radius 3 is 2.48 bits per heavy atom. The third kappa shape index (κ3) is 2.71. The van der Waals surface area contributed by atoms with Gasteiger partial charge in [0.1, 0.15) is 0 Å². The van der Waals surface area contributed by atoms with E-state index in [4.69, 9.17) is 0 Å². The van der Waals surface area contributed by atoms with Gasteiger partial charge in [-0.15, -0.1) is 23.5 Å². The van der Waals surface area contributed by atoms with E-state index in [1.54, 1.807) is 0 Å². The van der Waals surface area contributed by atoms with Gasteiger partial charge in [-0.3, -0.25) is 0 Å². The topological polar surface area (TPSA) is 40.5 Å². The first-order valence-corrected chi connectivity index (χ1v) is 10.3. The fraction of sp³-hybridized carbons (Fsp3) is 0.882. The number of thioether (sulfide) groups is 2. The maximum absolute atomic E-state index is 10.5. The minimum absolute atomic E-state index is 0.192. The van der Waals surface area contributed by atoms with Crippen molar-refractivity contribution in [3.05, 3.63) is 12.2 Å². The summed E-state index contributed by atoms with van der Waals surface area (Å²) in [6, 6.07) is 0. The van der Waals surface area contributed by atoms with Crippen LogP contribution in [-0.4, -0.2) is 38.5 Å². The third-order valence-corrected chi connectivity index (χ3v) is 9.57. The van der Waals surface area contributed by atoms with Gasteiger partial charge in [-0.05, 0) is 55.8 Å². The monoisotopic (exact) mass is 328 g/mol. The third-order valence-electron chi connectivity index (χ3n) is 6.30. The molecule has 4 heteroatoms. The standard InChI is InChI=1S/C17H28O2S2/c1-10(2)12-4-5-17(9-12)11(3)15(19)14(18)8-13(17)16-20-6-7-21-16/h11-16,18-19H,1,4-9H2,2-3H3/t11-,12-,13-,14-,15-,17+/m1/s1. The zero-order valence-electron chi connectivity index (χ0n) is 13.1. The largest absolute Gasteiger partial charge is 0.390 e. The smallest absolute Gasteiger partial charge is 0.0830 e. The summed E-state index contributed by atoms with van der Waals surface area (Å²) in [6.45, 7) is 8.50. The van der Waals surface area contributed by atoms with E-state index in [1.165, 1.54) is 29.9 Å². The van der Waals surface area contributed by atoms with Gasteiger partial charge in [-0.1, -0.05) is 19.1 Å². The Bertz CT molecular complexity index is 408. The highest BCUT2D eigenvalue weighted by atomic mass is 32.2. The van der Waals surface area contributed by atoms with Gasteiger partial charge in [0.15, 0.2) is 0 Å². The summed E-state index contributed by atoms with van der Waals surface area (Å²) in [4.78, 5) is 0. The second kappa shape index (κ2) is 6.10. The van der Waals surface area contributed by atoms with Gasteiger partial charge in [-0.2, -0.15) is 0 Å². The van der Waals surface area contributed by atoms with Gasteiger partial charge in [0, 0.05) is 11.5 Å². The molecule has 3 rings (SSSR count). The van der Waals surface area contributed by atoms with Gasteiger partial charge in [0.2, 0.25) is 0 Å². The Balaban J connectivity index is 1.90. The molecule has 1 aliphatic heterocycles. The van der Waals surface area contributed by atoms with Gasteiger partial charge in [0.25, 0.3) is 0 Å².